The fourth-order valence-corrected chi connectivity index (χ4v) is 3.67. The molecule has 1 unspecified atom stereocenters. The van der Waals surface area contributed by atoms with Gasteiger partial charge < -0.3 is 20.9 Å². The summed E-state index contributed by atoms with van der Waals surface area (Å²) < 4.78 is 0.983. The van der Waals surface area contributed by atoms with E-state index in [0.717, 1.165) is 34.5 Å². The number of nitrogens with one attached hydrogen (secondary N) is 1. The Labute approximate surface area is 133 Å². The first-order valence-electron chi connectivity index (χ1n) is 7.39. The second-order valence-electron chi connectivity index (χ2n) is 5.83. The van der Waals surface area contributed by atoms with Crippen molar-refractivity contribution in [3.8, 4) is 0 Å². The minimum Gasteiger partial charge on any atom is -0.372 e. The van der Waals surface area contributed by atoms with E-state index in [9.17, 15) is 4.79 Å². The largest absolute Gasteiger partial charge is 0.372 e. The summed E-state index contributed by atoms with van der Waals surface area (Å²) in [6, 6.07) is 3.41. The molecule has 0 saturated carbocycles. The molecule has 0 radical (unpaired) electrons. The van der Waals surface area contributed by atoms with Crippen molar-refractivity contribution in [3.63, 3.8) is 0 Å². The molecule has 1 saturated heterocycles. The number of anilines is 2. The molecule has 3 N–H and O–H groups in total. The molecular weight excluding hydrogens is 332 g/mol. The molecule has 1 fully saturated rings. The number of likely N-dealkylation sites (N-methyl/N-ethyl adjacent to an activating group) is 1. The van der Waals surface area contributed by atoms with Gasteiger partial charge in [0, 0.05) is 35.9 Å². The predicted molar refractivity (Wildman–Crippen MR) is 88.6 cm³/mol. The zero-order valence-corrected chi connectivity index (χ0v) is 13.8. The summed E-state index contributed by atoms with van der Waals surface area (Å²) in [6.07, 6.45) is 2.63. The van der Waals surface area contributed by atoms with Crippen molar-refractivity contribution in [3.05, 3.63) is 22.2 Å². The number of likely N-dealkylation sites (tertiary alicyclic amines) is 1. The first-order chi connectivity index (χ1) is 10.1. The van der Waals surface area contributed by atoms with Crippen LogP contribution in [-0.2, 0) is 4.79 Å². The van der Waals surface area contributed by atoms with E-state index in [2.05, 4.69) is 38.1 Å². The monoisotopic (exact) mass is 352 g/mol. The SMILES string of the molecule is CN(CCN1CCCC1)c1cc2c(cc1Br)C(N)C(=O)N2. The van der Waals surface area contributed by atoms with E-state index in [0.29, 0.717) is 0 Å². The number of carbonyl (C=O) groups is 1. The summed E-state index contributed by atoms with van der Waals surface area (Å²) in [7, 11) is 2.08. The molecule has 0 spiro atoms. The van der Waals surface area contributed by atoms with Crippen LogP contribution in [0, 0.1) is 0 Å². The van der Waals surface area contributed by atoms with Gasteiger partial charge in [0.05, 0.1) is 5.69 Å². The first-order valence-corrected chi connectivity index (χ1v) is 8.19. The Morgan fingerprint density at radius 1 is 1.43 bits per heavy atom. The normalized spacial score (nSPS) is 21.5. The highest BCUT2D eigenvalue weighted by molar-refractivity contribution is 9.10. The van der Waals surface area contributed by atoms with Gasteiger partial charge in [-0.2, -0.15) is 0 Å². The maximum absolute atomic E-state index is 11.7. The molecule has 1 atom stereocenters. The van der Waals surface area contributed by atoms with Crippen LogP contribution in [0.1, 0.15) is 24.4 Å². The van der Waals surface area contributed by atoms with Crippen LogP contribution >= 0.6 is 15.9 Å². The minimum atomic E-state index is -0.555. The molecule has 1 aromatic carbocycles. The molecule has 2 aliphatic heterocycles. The summed E-state index contributed by atoms with van der Waals surface area (Å²) in [5.74, 6) is -0.131. The summed E-state index contributed by atoms with van der Waals surface area (Å²) in [4.78, 5) is 16.4. The highest BCUT2D eigenvalue weighted by atomic mass is 79.9. The molecule has 114 valence electrons. The third kappa shape index (κ3) is 2.93. The molecule has 2 aliphatic rings. The number of benzene rings is 1. The number of nitrogens with two attached hydrogens (primary N) is 1. The van der Waals surface area contributed by atoms with Crippen LogP contribution in [0.3, 0.4) is 0 Å². The standard InChI is InChI=1S/C15H21BrN4O/c1-19(6-7-20-4-2-3-5-20)13-9-12-10(8-11(13)16)14(17)15(21)18-12/h8-9,14H,2-7,17H2,1H3,(H,18,21). The van der Waals surface area contributed by atoms with E-state index in [-0.39, 0.29) is 5.91 Å². The van der Waals surface area contributed by atoms with Crippen molar-refractivity contribution < 1.29 is 4.79 Å². The summed E-state index contributed by atoms with van der Waals surface area (Å²) in [5.41, 5.74) is 8.66. The zero-order chi connectivity index (χ0) is 15.0. The zero-order valence-electron chi connectivity index (χ0n) is 12.2. The Morgan fingerprint density at radius 2 is 2.14 bits per heavy atom. The fraction of sp³-hybridized carbons (Fsp3) is 0.533. The smallest absolute Gasteiger partial charge is 0.245 e. The number of rotatable bonds is 4. The van der Waals surface area contributed by atoms with Gasteiger partial charge in [0.25, 0.3) is 0 Å². The molecule has 6 heteroatoms. The highest BCUT2D eigenvalue weighted by Crippen LogP contribution is 2.37. The van der Waals surface area contributed by atoms with Gasteiger partial charge in [0.15, 0.2) is 0 Å². The van der Waals surface area contributed by atoms with E-state index in [4.69, 9.17) is 5.73 Å². The lowest BCUT2D eigenvalue weighted by Crippen LogP contribution is -2.31. The third-order valence-corrected chi connectivity index (χ3v) is 4.99. The van der Waals surface area contributed by atoms with Crippen molar-refractivity contribution >= 4 is 33.2 Å². The maximum atomic E-state index is 11.7. The molecular formula is C15H21BrN4O. The molecule has 0 aromatic heterocycles. The van der Waals surface area contributed by atoms with Crippen LogP contribution in [0.15, 0.2) is 16.6 Å². The fourth-order valence-electron chi connectivity index (χ4n) is 3.01. The van der Waals surface area contributed by atoms with Crippen LogP contribution in [0.5, 0.6) is 0 Å². The Morgan fingerprint density at radius 3 is 2.86 bits per heavy atom. The molecule has 2 heterocycles. The van der Waals surface area contributed by atoms with Gasteiger partial charge in [-0.05, 0) is 54.0 Å². The number of amides is 1. The number of hydrogen-bond donors (Lipinski definition) is 2. The van der Waals surface area contributed by atoms with Crippen LogP contribution in [0.4, 0.5) is 11.4 Å². The lowest BCUT2D eigenvalue weighted by molar-refractivity contribution is -0.116. The van der Waals surface area contributed by atoms with Gasteiger partial charge in [-0.1, -0.05) is 0 Å². The number of hydrogen-bond acceptors (Lipinski definition) is 4. The van der Waals surface area contributed by atoms with Gasteiger partial charge >= 0.3 is 0 Å². The van der Waals surface area contributed by atoms with Crippen molar-refractivity contribution in [2.75, 3.05) is 43.4 Å². The third-order valence-electron chi connectivity index (χ3n) is 4.36. The topological polar surface area (TPSA) is 61.6 Å². The summed E-state index contributed by atoms with van der Waals surface area (Å²) in [6.45, 7) is 4.47. The molecule has 1 amide bonds. The average molecular weight is 353 g/mol. The van der Waals surface area contributed by atoms with Crippen molar-refractivity contribution in [2.45, 2.75) is 18.9 Å². The molecule has 5 nitrogen and oxygen atoms in total. The molecule has 0 bridgehead atoms. The molecule has 3 rings (SSSR count). The molecule has 0 aliphatic carbocycles. The predicted octanol–water partition coefficient (Wildman–Crippen LogP) is 1.93. The quantitative estimate of drug-likeness (QED) is 0.869. The first kappa shape index (κ1) is 14.8. The lowest BCUT2D eigenvalue weighted by atomic mass is 10.1. The number of carbonyl (C=O) groups excluding carboxylic acids is 1. The second-order valence-corrected chi connectivity index (χ2v) is 6.68. The van der Waals surface area contributed by atoms with Crippen molar-refractivity contribution in [1.82, 2.24) is 4.90 Å². The summed E-state index contributed by atoms with van der Waals surface area (Å²) in [5, 5.41) is 2.84. The Kier molecular flexibility index (Phi) is 4.19. The van der Waals surface area contributed by atoms with Gasteiger partial charge in [-0.3, -0.25) is 4.79 Å². The van der Waals surface area contributed by atoms with Gasteiger partial charge in [0.2, 0.25) is 5.91 Å². The van der Waals surface area contributed by atoms with Crippen molar-refractivity contribution in [1.29, 1.82) is 0 Å². The Balaban J connectivity index is 1.73. The van der Waals surface area contributed by atoms with Crippen LogP contribution in [-0.4, -0.2) is 44.0 Å². The second kappa shape index (κ2) is 5.94. The maximum Gasteiger partial charge on any atom is 0.245 e. The van der Waals surface area contributed by atoms with Gasteiger partial charge in [-0.25, -0.2) is 0 Å². The number of halogens is 1. The van der Waals surface area contributed by atoms with Gasteiger partial charge in [-0.15, -0.1) is 0 Å². The van der Waals surface area contributed by atoms with E-state index >= 15 is 0 Å². The minimum absolute atomic E-state index is 0.131. The Hall–Kier alpha value is -1.11. The van der Waals surface area contributed by atoms with E-state index in [1.165, 1.54) is 25.9 Å². The van der Waals surface area contributed by atoms with Crippen LogP contribution < -0.4 is 16.0 Å². The van der Waals surface area contributed by atoms with Gasteiger partial charge in [0.1, 0.15) is 6.04 Å². The van der Waals surface area contributed by atoms with Crippen LogP contribution in [0.25, 0.3) is 0 Å². The summed E-state index contributed by atoms with van der Waals surface area (Å²) >= 11 is 3.60. The lowest BCUT2D eigenvalue weighted by Gasteiger charge is -2.24. The number of nitrogens with zero attached hydrogens (tertiary/aromatic N) is 2. The van der Waals surface area contributed by atoms with E-state index in [1.54, 1.807) is 0 Å². The Bertz CT molecular complexity index is 557. The van der Waals surface area contributed by atoms with Crippen LogP contribution in [0.2, 0.25) is 0 Å². The molecule has 21 heavy (non-hydrogen) atoms. The van der Waals surface area contributed by atoms with Crippen molar-refractivity contribution in [2.24, 2.45) is 5.73 Å². The van der Waals surface area contributed by atoms with E-state index in [1.807, 2.05) is 12.1 Å². The van der Waals surface area contributed by atoms with E-state index < -0.39 is 6.04 Å². The number of fused-ring (bicyclic) bond motifs is 1. The highest BCUT2D eigenvalue weighted by Gasteiger charge is 2.28. The average Bonchev–Trinajstić information content (AvgIpc) is 3.06. The molecule has 1 aromatic rings.